The largest absolute Gasteiger partial charge is 0.490 e. The van der Waals surface area contributed by atoms with Gasteiger partial charge in [-0.1, -0.05) is 12.2 Å². The summed E-state index contributed by atoms with van der Waals surface area (Å²) in [6.07, 6.45) is -1.26. The summed E-state index contributed by atoms with van der Waals surface area (Å²) in [5.74, 6) is 0. The fraction of sp³-hybridized carbons (Fsp3) is 0.600. The minimum Gasteiger partial charge on any atom is -0.349 e. The van der Waals surface area contributed by atoms with Crippen LogP contribution >= 0.6 is 47.9 Å². The number of hydrogen-bond donors (Lipinski definition) is 5. The normalized spacial score (nSPS) is 29.3. The van der Waals surface area contributed by atoms with Crippen LogP contribution in [0.2, 0.25) is 0 Å². The van der Waals surface area contributed by atoms with Crippen molar-refractivity contribution in [1.82, 2.24) is 9.55 Å². The number of H-pyrrole nitrogens is 1. The van der Waals surface area contributed by atoms with E-state index in [0.717, 1.165) is 0 Å². The van der Waals surface area contributed by atoms with E-state index in [1.807, 2.05) is 0 Å². The van der Waals surface area contributed by atoms with Crippen LogP contribution in [0.1, 0.15) is 19.6 Å². The van der Waals surface area contributed by atoms with Crippen LogP contribution in [0.4, 0.5) is 4.39 Å². The number of nitrogens with one attached hydrogen (secondary N) is 1. The molecule has 0 saturated carbocycles. The highest BCUT2D eigenvalue weighted by Crippen LogP contribution is 2.66. The van der Waals surface area contributed by atoms with E-state index in [1.165, 1.54) is 23.8 Å². The van der Waals surface area contributed by atoms with Crippen LogP contribution in [-0.2, 0) is 31.6 Å². The molecule has 19 heteroatoms. The Labute approximate surface area is 172 Å². The summed E-state index contributed by atoms with van der Waals surface area (Å²) < 4.78 is 67.2. The Balaban J connectivity index is 2.05. The molecule has 1 aliphatic heterocycles. The maximum atomic E-state index is 14.9. The second-order valence-electron chi connectivity index (χ2n) is 6.00. The maximum Gasteiger partial charge on any atom is 0.490 e. The first-order valence-corrected chi connectivity index (χ1v) is 12.8. The Bertz CT molecular complexity index is 1020. The monoisotopic (exact) mass is 516 g/mol. The summed E-state index contributed by atoms with van der Waals surface area (Å²) in [5, 5.41) is 0. The topological polar surface area (TPSA) is 190 Å². The average Bonchev–Trinajstić information content (AvgIpc) is 2.76. The minimum absolute atomic E-state index is 0.0694. The van der Waals surface area contributed by atoms with Crippen molar-refractivity contribution in [2.45, 2.75) is 31.3 Å². The summed E-state index contributed by atoms with van der Waals surface area (Å²) in [5.41, 5.74) is -1.99. The van der Waals surface area contributed by atoms with E-state index in [1.54, 1.807) is 0 Å². The third kappa shape index (κ3) is 7.47. The van der Waals surface area contributed by atoms with Crippen LogP contribution in [0.5, 0.6) is 0 Å². The second kappa shape index (κ2) is 8.75. The number of hydrogen-bond acceptors (Lipinski definition) is 9. The molecule has 0 bridgehead atoms. The molecule has 1 aliphatic rings. The highest BCUT2D eigenvalue weighted by atomic mass is 32.1. The van der Waals surface area contributed by atoms with Gasteiger partial charge in [-0.3, -0.25) is 9.09 Å². The Hall–Kier alpha value is -0.180. The molecular weight excluding hydrogens is 500 g/mol. The van der Waals surface area contributed by atoms with E-state index >= 15 is 0 Å². The molecule has 1 saturated heterocycles. The third-order valence-corrected chi connectivity index (χ3v) is 7.76. The maximum absolute atomic E-state index is 14.9. The van der Waals surface area contributed by atoms with Crippen molar-refractivity contribution in [3.63, 3.8) is 0 Å². The van der Waals surface area contributed by atoms with Crippen molar-refractivity contribution in [1.29, 1.82) is 0 Å². The quantitative estimate of drug-likeness (QED) is 0.251. The number of rotatable bonds is 8. The van der Waals surface area contributed by atoms with Crippen LogP contribution < -0.4 is 0 Å². The molecule has 166 valence electrons. The summed E-state index contributed by atoms with van der Waals surface area (Å²) in [6.45, 7) is 0.432. The molecule has 2 rings (SSSR count). The molecule has 0 radical (unpaired) electrons. The van der Waals surface area contributed by atoms with Gasteiger partial charge in [-0.2, -0.15) is 8.62 Å². The van der Waals surface area contributed by atoms with E-state index in [-0.39, 0.29) is 11.2 Å². The zero-order valence-electron chi connectivity index (χ0n) is 14.4. The van der Waals surface area contributed by atoms with Crippen LogP contribution in [0.3, 0.4) is 0 Å². The number of phosphoric ester groups is 1. The SMILES string of the molecule is CC1(F)C[C@@H](COP(=O)(O)OP(=O)(O)OP(=O)(O)O)O[C@H]1n1ccc(=S)[nH]c1=S. The van der Waals surface area contributed by atoms with Crippen molar-refractivity contribution in [2.75, 3.05) is 6.61 Å². The second-order valence-corrected chi connectivity index (χ2v) is 11.2. The van der Waals surface area contributed by atoms with Gasteiger partial charge in [-0.25, -0.2) is 18.1 Å². The molecule has 0 amide bonds. The van der Waals surface area contributed by atoms with Gasteiger partial charge >= 0.3 is 23.5 Å². The van der Waals surface area contributed by atoms with Gasteiger partial charge in [0, 0.05) is 12.6 Å². The van der Waals surface area contributed by atoms with Gasteiger partial charge in [0.15, 0.2) is 16.7 Å². The Morgan fingerprint density at radius 2 is 1.90 bits per heavy atom. The number of halogens is 1. The lowest BCUT2D eigenvalue weighted by atomic mass is 10.0. The van der Waals surface area contributed by atoms with Crippen LogP contribution in [0.25, 0.3) is 0 Å². The minimum atomic E-state index is -5.64. The van der Waals surface area contributed by atoms with E-state index in [4.69, 9.17) is 43.9 Å². The van der Waals surface area contributed by atoms with E-state index < -0.39 is 48.1 Å². The molecule has 1 fully saturated rings. The van der Waals surface area contributed by atoms with Gasteiger partial charge < -0.3 is 29.3 Å². The fourth-order valence-corrected chi connectivity index (χ4v) is 6.00. The lowest BCUT2D eigenvalue weighted by molar-refractivity contribution is -0.0594. The number of aromatic amines is 1. The number of aromatic nitrogens is 2. The number of phosphoric acid groups is 3. The highest BCUT2D eigenvalue weighted by molar-refractivity contribution is 7.72. The summed E-state index contributed by atoms with van der Waals surface area (Å²) in [7, 11) is -16.5. The molecule has 2 heterocycles. The zero-order valence-corrected chi connectivity index (χ0v) is 18.7. The van der Waals surface area contributed by atoms with Gasteiger partial charge in [-0.05, 0) is 25.2 Å². The number of alkyl halides is 1. The molecule has 5 atom stereocenters. The molecule has 29 heavy (non-hydrogen) atoms. The molecule has 5 N–H and O–H groups in total. The Morgan fingerprint density at radius 1 is 1.28 bits per heavy atom. The standard InChI is InChI=1S/C10H16FN2O11P3S2/c1-10(11)4-6(22-8(10)13-3-2-7(28)12-9(13)29)5-21-26(17,18)24-27(19,20)23-25(14,15)16/h2-3,6,8H,4-5H2,1H3,(H,17,18)(H,19,20)(H,12,28,29)(H2,14,15,16)/t6-,8+,10?/m0/s1. The first-order chi connectivity index (χ1) is 13.0. The summed E-state index contributed by atoms with van der Waals surface area (Å²) >= 11 is 9.97. The Kier molecular flexibility index (Phi) is 7.57. The molecule has 0 aromatic carbocycles. The molecular formula is C10H16FN2O11P3S2. The average molecular weight is 516 g/mol. The fourth-order valence-electron chi connectivity index (χ4n) is 2.46. The van der Waals surface area contributed by atoms with Gasteiger partial charge in [0.05, 0.1) is 12.7 Å². The van der Waals surface area contributed by atoms with Crippen molar-refractivity contribution in [2.24, 2.45) is 0 Å². The van der Waals surface area contributed by atoms with Gasteiger partial charge in [0.2, 0.25) is 0 Å². The first kappa shape index (κ1) is 25.1. The number of nitrogens with zero attached hydrogens (tertiary/aromatic N) is 1. The van der Waals surface area contributed by atoms with Crippen molar-refractivity contribution >= 4 is 47.9 Å². The highest BCUT2D eigenvalue weighted by Gasteiger charge is 2.48. The van der Waals surface area contributed by atoms with E-state index in [2.05, 4.69) is 18.1 Å². The van der Waals surface area contributed by atoms with Gasteiger partial charge in [0.1, 0.15) is 4.64 Å². The lowest BCUT2D eigenvalue weighted by Gasteiger charge is -2.23. The zero-order chi connectivity index (χ0) is 22.3. The van der Waals surface area contributed by atoms with E-state index in [0.29, 0.717) is 4.64 Å². The number of ether oxygens (including phenoxy) is 1. The smallest absolute Gasteiger partial charge is 0.349 e. The van der Waals surface area contributed by atoms with Gasteiger partial charge in [0.25, 0.3) is 0 Å². The first-order valence-electron chi connectivity index (χ1n) is 7.44. The van der Waals surface area contributed by atoms with Gasteiger partial charge in [-0.15, -0.1) is 0 Å². The summed E-state index contributed by atoms with van der Waals surface area (Å²) in [6, 6.07) is 1.45. The summed E-state index contributed by atoms with van der Waals surface area (Å²) in [4.78, 5) is 38.1. The molecule has 1 aromatic rings. The van der Waals surface area contributed by atoms with Crippen molar-refractivity contribution < 1.29 is 55.5 Å². The molecule has 13 nitrogen and oxygen atoms in total. The molecule has 0 aliphatic carbocycles. The van der Waals surface area contributed by atoms with Crippen molar-refractivity contribution in [3.8, 4) is 0 Å². The molecule has 0 spiro atoms. The molecule has 3 unspecified atom stereocenters. The van der Waals surface area contributed by atoms with E-state index in [9.17, 15) is 23.0 Å². The van der Waals surface area contributed by atoms with Crippen molar-refractivity contribution in [3.05, 3.63) is 21.7 Å². The Morgan fingerprint density at radius 3 is 2.45 bits per heavy atom. The predicted octanol–water partition coefficient (Wildman–Crippen LogP) is 2.63. The molecule has 1 aromatic heterocycles. The van der Waals surface area contributed by atoms with Crippen LogP contribution in [0, 0.1) is 9.41 Å². The van der Waals surface area contributed by atoms with Crippen LogP contribution in [-0.4, -0.2) is 47.5 Å². The predicted molar refractivity (Wildman–Crippen MR) is 98.3 cm³/mol. The lowest BCUT2D eigenvalue weighted by Crippen LogP contribution is -2.28. The van der Waals surface area contributed by atoms with Crippen LogP contribution in [0.15, 0.2) is 12.3 Å². The third-order valence-electron chi connectivity index (χ3n) is 3.41.